The zero-order valence-electron chi connectivity index (χ0n) is 12.5. The summed E-state index contributed by atoms with van der Waals surface area (Å²) in [6.07, 6.45) is 0. The van der Waals surface area contributed by atoms with E-state index < -0.39 is 10.9 Å². The molecule has 3 rings (SSSR count). The summed E-state index contributed by atoms with van der Waals surface area (Å²) in [5.74, 6) is -0.955. The minimum absolute atomic E-state index is 0.0109. The Bertz CT molecular complexity index is 899. The molecule has 0 atom stereocenters. The molecular weight excluding hydrogens is 314 g/mol. The molecule has 0 saturated heterocycles. The van der Waals surface area contributed by atoms with E-state index in [4.69, 9.17) is 9.63 Å². The van der Waals surface area contributed by atoms with Crippen LogP contribution in [0.2, 0.25) is 0 Å². The monoisotopic (exact) mass is 325 g/mol. The van der Waals surface area contributed by atoms with Gasteiger partial charge in [-0.15, -0.1) is 0 Å². The van der Waals surface area contributed by atoms with E-state index >= 15 is 0 Å². The number of nitro groups is 1. The number of aryl methyl sites for hydroxylation is 1. The molecule has 0 spiro atoms. The van der Waals surface area contributed by atoms with E-state index in [9.17, 15) is 14.9 Å². The van der Waals surface area contributed by atoms with Gasteiger partial charge in [0.1, 0.15) is 0 Å². The van der Waals surface area contributed by atoms with Crippen LogP contribution in [0.25, 0.3) is 22.8 Å². The Balaban J connectivity index is 2.04. The van der Waals surface area contributed by atoms with Gasteiger partial charge in [0.15, 0.2) is 0 Å². The first-order valence-electron chi connectivity index (χ1n) is 6.88. The van der Waals surface area contributed by atoms with Crippen LogP contribution in [0.4, 0.5) is 5.69 Å². The third kappa shape index (κ3) is 2.98. The fourth-order valence-electron chi connectivity index (χ4n) is 2.12. The van der Waals surface area contributed by atoms with Crippen molar-refractivity contribution in [2.24, 2.45) is 0 Å². The Hall–Kier alpha value is -3.55. The second-order valence-electron chi connectivity index (χ2n) is 5.12. The van der Waals surface area contributed by atoms with E-state index in [-0.39, 0.29) is 22.7 Å². The number of benzene rings is 2. The number of nitro benzene ring substituents is 1. The minimum Gasteiger partial charge on any atom is -0.478 e. The van der Waals surface area contributed by atoms with Crippen LogP contribution in [0.5, 0.6) is 0 Å². The lowest BCUT2D eigenvalue weighted by molar-refractivity contribution is -0.384. The lowest BCUT2D eigenvalue weighted by Crippen LogP contribution is -1.99. The predicted octanol–water partition coefficient (Wildman–Crippen LogP) is 3.32. The number of hydrogen-bond donors (Lipinski definition) is 1. The number of non-ortho nitro benzene ring substituents is 1. The molecule has 0 aliphatic carbocycles. The molecular formula is C16H11N3O5. The van der Waals surface area contributed by atoms with E-state index in [0.717, 1.165) is 17.2 Å². The molecule has 120 valence electrons. The smallest absolute Gasteiger partial charge is 0.335 e. The molecule has 0 fully saturated rings. The van der Waals surface area contributed by atoms with Gasteiger partial charge in [-0.2, -0.15) is 4.98 Å². The SMILES string of the molecule is Cc1ccc(-c2noc(-c3cc(C(=O)O)cc([N+](=O)[O-])c3)n2)cc1. The van der Waals surface area contributed by atoms with Crippen molar-refractivity contribution >= 4 is 11.7 Å². The normalized spacial score (nSPS) is 10.5. The lowest BCUT2D eigenvalue weighted by Gasteiger charge is -1.99. The maximum absolute atomic E-state index is 11.1. The Labute approximate surface area is 135 Å². The van der Waals surface area contributed by atoms with E-state index in [1.807, 2.05) is 31.2 Å². The fraction of sp³-hybridized carbons (Fsp3) is 0.0625. The average molecular weight is 325 g/mol. The molecule has 8 nitrogen and oxygen atoms in total. The van der Waals surface area contributed by atoms with Gasteiger partial charge in [0.25, 0.3) is 11.6 Å². The maximum Gasteiger partial charge on any atom is 0.335 e. The summed E-state index contributed by atoms with van der Waals surface area (Å²) in [5.41, 5.74) is 1.38. The number of carboxylic acid groups (broad SMARTS) is 1. The first kappa shape index (κ1) is 15.3. The Morgan fingerprint density at radius 1 is 1.17 bits per heavy atom. The van der Waals surface area contributed by atoms with Crippen LogP contribution in [0.3, 0.4) is 0 Å². The molecule has 1 aromatic heterocycles. The zero-order valence-corrected chi connectivity index (χ0v) is 12.5. The molecule has 0 unspecified atom stereocenters. The highest BCUT2D eigenvalue weighted by molar-refractivity contribution is 5.90. The van der Waals surface area contributed by atoms with Crippen LogP contribution in [0.15, 0.2) is 47.0 Å². The van der Waals surface area contributed by atoms with Crippen LogP contribution in [0, 0.1) is 17.0 Å². The predicted molar refractivity (Wildman–Crippen MR) is 83.5 cm³/mol. The lowest BCUT2D eigenvalue weighted by atomic mass is 10.1. The molecule has 3 aromatic rings. The van der Waals surface area contributed by atoms with Crippen molar-refractivity contribution in [1.29, 1.82) is 0 Å². The largest absolute Gasteiger partial charge is 0.478 e. The number of nitrogens with zero attached hydrogens (tertiary/aromatic N) is 3. The third-order valence-electron chi connectivity index (χ3n) is 3.36. The van der Waals surface area contributed by atoms with E-state index in [1.54, 1.807) is 0 Å². The van der Waals surface area contributed by atoms with Crippen molar-refractivity contribution in [3.8, 4) is 22.8 Å². The van der Waals surface area contributed by atoms with Crippen molar-refractivity contribution in [3.63, 3.8) is 0 Å². The summed E-state index contributed by atoms with van der Waals surface area (Å²) in [7, 11) is 0. The van der Waals surface area contributed by atoms with Crippen LogP contribution in [0.1, 0.15) is 15.9 Å². The first-order valence-corrected chi connectivity index (χ1v) is 6.88. The average Bonchev–Trinajstić information content (AvgIpc) is 3.05. The van der Waals surface area contributed by atoms with Gasteiger partial charge in [-0.3, -0.25) is 10.1 Å². The van der Waals surface area contributed by atoms with Crippen molar-refractivity contribution in [2.45, 2.75) is 6.92 Å². The minimum atomic E-state index is -1.28. The molecule has 0 amide bonds. The molecule has 0 radical (unpaired) electrons. The second-order valence-corrected chi connectivity index (χ2v) is 5.12. The molecule has 2 aromatic carbocycles. The summed E-state index contributed by atoms with van der Waals surface area (Å²) in [6.45, 7) is 1.95. The Morgan fingerprint density at radius 2 is 1.88 bits per heavy atom. The van der Waals surface area contributed by atoms with Gasteiger partial charge in [-0.1, -0.05) is 35.0 Å². The molecule has 1 N–H and O–H groups in total. The van der Waals surface area contributed by atoms with Gasteiger partial charge in [0, 0.05) is 23.3 Å². The zero-order chi connectivity index (χ0) is 17.3. The van der Waals surface area contributed by atoms with Crippen molar-refractivity contribution in [1.82, 2.24) is 10.1 Å². The van der Waals surface area contributed by atoms with Crippen LogP contribution >= 0.6 is 0 Å². The van der Waals surface area contributed by atoms with Crippen molar-refractivity contribution in [2.75, 3.05) is 0 Å². The van der Waals surface area contributed by atoms with Gasteiger partial charge in [-0.05, 0) is 13.0 Å². The highest BCUT2D eigenvalue weighted by atomic mass is 16.6. The van der Waals surface area contributed by atoms with Crippen molar-refractivity contribution < 1.29 is 19.3 Å². The number of aromatic carboxylic acids is 1. The summed E-state index contributed by atoms with van der Waals surface area (Å²) < 4.78 is 5.13. The molecule has 24 heavy (non-hydrogen) atoms. The molecule has 0 bridgehead atoms. The highest BCUT2D eigenvalue weighted by Crippen LogP contribution is 2.27. The van der Waals surface area contributed by atoms with Crippen LogP contribution < -0.4 is 0 Å². The molecule has 0 aliphatic heterocycles. The van der Waals surface area contributed by atoms with Crippen LogP contribution in [-0.4, -0.2) is 26.1 Å². The Kier molecular flexibility index (Phi) is 3.78. The topological polar surface area (TPSA) is 119 Å². The summed E-state index contributed by atoms with van der Waals surface area (Å²) >= 11 is 0. The first-order chi connectivity index (χ1) is 11.4. The highest BCUT2D eigenvalue weighted by Gasteiger charge is 2.18. The summed E-state index contributed by atoms with van der Waals surface area (Å²) in [4.78, 5) is 25.6. The third-order valence-corrected chi connectivity index (χ3v) is 3.36. The van der Waals surface area contributed by atoms with Crippen LogP contribution in [-0.2, 0) is 0 Å². The Morgan fingerprint density at radius 3 is 2.50 bits per heavy atom. The quantitative estimate of drug-likeness (QED) is 0.577. The number of aromatic nitrogens is 2. The second kappa shape index (κ2) is 5.92. The molecule has 0 aliphatic rings. The van der Waals surface area contributed by atoms with Gasteiger partial charge in [0.2, 0.25) is 5.82 Å². The summed E-state index contributed by atoms with van der Waals surface area (Å²) in [6, 6.07) is 10.8. The van der Waals surface area contributed by atoms with E-state index in [2.05, 4.69) is 10.1 Å². The fourth-order valence-corrected chi connectivity index (χ4v) is 2.12. The van der Waals surface area contributed by atoms with Gasteiger partial charge >= 0.3 is 5.97 Å². The van der Waals surface area contributed by atoms with Crippen molar-refractivity contribution in [3.05, 3.63) is 63.7 Å². The number of carboxylic acids is 1. The summed E-state index contributed by atoms with van der Waals surface area (Å²) in [5, 5.41) is 23.9. The standard InChI is InChI=1S/C16H11N3O5/c1-9-2-4-10(5-3-9)14-17-15(24-18-14)11-6-12(16(20)21)8-13(7-11)19(22)23/h2-8H,1H3,(H,20,21). The maximum atomic E-state index is 11.1. The number of rotatable bonds is 4. The van der Waals surface area contributed by atoms with Gasteiger partial charge in [-0.25, -0.2) is 4.79 Å². The van der Waals surface area contributed by atoms with E-state index in [0.29, 0.717) is 5.82 Å². The molecule has 1 heterocycles. The van der Waals surface area contributed by atoms with E-state index in [1.165, 1.54) is 12.1 Å². The molecule has 8 heteroatoms. The number of hydrogen-bond acceptors (Lipinski definition) is 6. The number of carbonyl (C=O) groups is 1. The molecule has 0 saturated carbocycles. The van der Waals surface area contributed by atoms with Gasteiger partial charge in [0.05, 0.1) is 10.5 Å². The van der Waals surface area contributed by atoms with Gasteiger partial charge < -0.3 is 9.63 Å².